The minimum absolute atomic E-state index is 0.00990. The molecule has 10 heteroatoms. The summed E-state index contributed by atoms with van der Waals surface area (Å²) in [7, 11) is -2.64. The summed E-state index contributed by atoms with van der Waals surface area (Å²) < 4.78 is 21.8. The molecule has 0 spiro atoms. The maximum atomic E-state index is 11.6. The van der Waals surface area contributed by atoms with Crippen LogP contribution in [-0.4, -0.2) is 32.2 Å². The molecule has 1 aromatic rings. The molecule has 0 aliphatic carbocycles. The number of ether oxygens (including phenoxy) is 1. The Balaban J connectivity index is 2.00. The van der Waals surface area contributed by atoms with E-state index >= 15 is 0 Å². The summed E-state index contributed by atoms with van der Waals surface area (Å²) >= 11 is 1.39. The molecule has 1 unspecified atom stereocenters. The molecule has 1 fully saturated rings. The summed E-state index contributed by atoms with van der Waals surface area (Å²) in [6.07, 6.45) is 1.03. The van der Waals surface area contributed by atoms with Gasteiger partial charge in [0.2, 0.25) is 0 Å². The van der Waals surface area contributed by atoms with Gasteiger partial charge in [0.1, 0.15) is 24.1 Å². The summed E-state index contributed by atoms with van der Waals surface area (Å²) in [4.78, 5) is 23.7. The summed E-state index contributed by atoms with van der Waals surface area (Å²) in [6.45, 7) is -0.00990. The van der Waals surface area contributed by atoms with Crippen molar-refractivity contribution in [2.75, 3.05) is 18.1 Å². The Morgan fingerprint density at radius 1 is 1.78 bits per heavy atom. The number of nitrogen functional groups attached to an aromatic ring is 1. The summed E-state index contributed by atoms with van der Waals surface area (Å²) in [5.74, 6) is 0.681. The molecule has 2 heterocycles. The van der Waals surface area contributed by atoms with Crippen molar-refractivity contribution >= 4 is 25.8 Å². The van der Waals surface area contributed by atoms with Crippen molar-refractivity contribution in [1.29, 1.82) is 0 Å². The molecule has 0 bridgehead atoms. The van der Waals surface area contributed by atoms with Gasteiger partial charge in [-0.05, 0) is 6.07 Å². The number of thioether (sulfide) groups is 1. The van der Waals surface area contributed by atoms with Gasteiger partial charge in [0.15, 0.2) is 0 Å². The maximum absolute atomic E-state index is 11.6. The zero-order valence-electron chi connectivity index (χ0n) is 9.13. The van der Waals surface area contributed by atoms with Gasteiger partial charge in [-0.15, -0.1) is 21.2 Å². The highest BCUT2D eigenvalue weighted by molar-refractivity contribution is 8.00. The highest BCUT2D eigenvalue weighted by Gasteiger charge is 2.30. The van der Waals surface area contributed by atoms with Gasteiger partial charge in [-0.25, -0.2) is 4.79 Å². The molecule has 3 atom stereocenters. The van der Waals surface area contributed by atoms with E-state index in [-0.39, 0.29) is 17.9 Å². The number of aromatic nitrogens is 2. The van der Waals surface area contributed by atoms with E-state index in [1.54, 1.807) is 0 Å². The number of hydrogen-bond acceptors (Lipinski definition) is 7. The third kappa shape index (κ3) is 3.27. The lowest BCUT2D eigenvalue weighted by atomic mass is 10.5. The fourth-order valence-corrected chi connectivity index (χ4v) is 2.80. The Hall–Kier alpha value is -0.990. The molecule has 8 nitrogen and oxygen atoms in total. The lowest BCUT2D eigenvalue weighted by molar-refractivity contribution is -0.00235. The second-order valence-corrected chi connectivity index (χ2v) is 5.36. The third-order valence-corrected chi connectivity index (χ3v) is 3.68. The van der Waals surface area contributed by atoms with Gasteiger partial charge in [0, 0.05) is 16.5 Å². The molecular formula is C8H11N3O5PS+. The number of anilines is 1. The molecular weight excluding hydrogens is 281 g/mol. The predicted molar refractivity (Wildman–Crippen MR) is 65.1 cm³/mol. The zero-order valence-corrected chi connectivity index (χ0v) is 10.8. The van der Waals surface area contributed by atoms with Crippen LogP contribution >= 0.6 is 20.0 Å². The molecule has 0 aromatic carbocycles. The molecule has 1 aliphatic heterocycles. The van der Waals surface area contributed by atoms with E-state index in [0.29, 0.717) is 5.75 Å². The lowest BCUT2D eigenvalue weighted by Crippen LogP contribution is -2.28. The number of nitrogens with two attached hydrogens (primary N) is 1. The van der Waals surface area contributed by atoms with Crippen molar-refractivity contribution in [3.8, 4) is 0 Å². The predicted octanol–water partition coefficient (Wildman–Crippen LogP) is 0.0799. The molecule has 0 radical (unpaired) electrons. The third-order valence-electron chi connectivity index (χ3n) is 2.22. The fraction of sp³-hybridized carbons (Fsp3) is 0.500. The normalized spacial score (nSPS) is 24.2. The first-order valence-electron chi connectivity index (χ1n) is 4.97. The molecule has 3 N–H and O–H groups in total. The van der Waals surface area contributed by atoms with Crippen LogP contribution < -0.4 is 11.4 Å². The molecule has 0 amide bonds. The second-order valence-electron chi connectivity index (χ2n) is 3.43. The molecule has 1 aromatic heterocycles. The van der Waals surface area contributed by atoms with Crippen molar-refractivity contribution < 1.29 is 18.7 Å². The fourth-order valence-electron chi connectivity index (χ4n) is 1.45. The Morgan fingerprint density at radius 2 is 2.56 bits per heavy atom. The molecule has 1 aliphatic rings. The van der Waals surface area contributed by atoms with Gasteiger partial charge in [-0.3, -0.25) is 4.57 Å². The van der Waals surface area contributed by atoms with Crippen LogP contribution in [0.1, 0.15) is 6.23 Å². The van der Waals surface area contributed by atoms with Gasteiger partial charge >= 0.3 is 13.9 Å². The minimum atomic E-state index is -2.64. The molecule has 98 valence electrons. The SMILES string of the molecule is Nc1ccn([C@@H]2CS[C@H](CO[P+](=O)O)O2)c(=O)n1. The summed E-state index contributed by atoms with van der Waals surface area (Å²) in [5.41, 5.74) is 4.51. The average Bonchev–Trinajstić information content (AvgIpc) is 2.75. The van der Waals surface area contributed by atoms with E-state index in [9.17, 15) is 9.36 Å². The summed E-state index contributed by atoms with van der Waals surface area (Å²) in [5, 5.41) is 0. The van der Waals surface area contributed by atoms with Gasteiger partial charge in [-0.2, -0.15) is 4.98 Å². The van der Waals surface area contributed by atoms with Crippen LogP contribution in [0.2, 0.25) is 0 Å². The van der Waals surface area contributed by atoms with Crippen LogP contribution in [0.4, 0.5) is 5.82 Å². The second kappa shape index (κ2) is 5.77. The number of hydrogen-bond donors (Lipinski definition) is 2. The monoisotopic (exact) mass is 292 g/mol. The van der Waals surface area contributed by atoms with Gasteiger partial charge in [0.25, 0.3) is 0 Å². The van der Waals surface area contributed by atoms with Crippen LogP contribution in [-0.2, 0) is 13.8 Å². The van der Waals surface area contributed by atoms with Gasteiger partial charge in [0.05, 0.1) is 0 Å². The quantitative estimate of drug-likeness (QED) is 0.749. The Labute approximate surface area is 107 Å². The lowest BCUT2D eigenvalue weighted by Gasteiger charge is -2.13. The van der Waals surface area contributed by atoms with Crippen LogP contribution in [0.5, 0.6) is 0 Å². The Morgan fingerprint density at radius 3 is 3.22 bits per heavy atom. The standard InChI is InChI=1S/C8H10N3O5PS/c9-5-1-2-11(8(12)10-5)6-4-18-7(16-6)3-15-17(13)14/h1-2,6-7H,3-4H2,(H2-,9,10,12,13,14)/p+1/t6-,7+/m0/s1. The van der Waals surface area contributed by atoms with Crippen molar-refractivity contribution in [2.24, 2.45) is 0 Å². The average molecular weight is 292 g/mol. The smallest absolute Gasteiger partial charge is 0.383 e. The highest BCUT2D eigenvalue weighted by atomic mass is 32.2. The van der Waals surface area contributed by atoms with Crippen molar-refractivity contribution in [3.63, 3.8) is 0 Å². The molecule has 0 saturated carbocycles. The van der Waals surface area contributed by atoms with Crippen LogP contribution in [0, 0.1) is 0 Å². The van der Waals surface area contributed by atoms with Crippen LogP contribution in [0.25, 0.3) is 0 Å². The van der Waals surface area contributed by atoms with E-state index in [1.807, 2.05) is 0 Å². The van der Waals surface area contributed by atoms with Crippen LogP contribution in [0.15, 0.2) is 17.1 Å². The van der Waals surface area contributed by atoms with Crippen LogP contribution in [0.3, 0.4) is 0 Å². The van der Waals surface area contributed by atoms with E-state index in [1.165, 1.54) is 28.6 Å². The number of nitrogens with zero attached hydrogens (tertiary/aromatic N) is 2. The highest BCUT2D eigenvalue weighted by Crippen LogP contribution is 2.32. The van der Waals surface area contributed by atoms with Crippen molar-refractivity contribution in [2.45, 2.75) is 11.7 Å². The Kier molecular flexibility index (Phi) is 4.31. The summed E-state index contributed by atoms with van der Waals surface area (Å²) in [6, 6.07) is 1.50. The first-order chi connectivity index (χ1) is 8.56. The van der Waals surface area contributed by atoms with Gasteiger partial charge < -0.3 is 10.5 Å². The van der Waals surface area contributed by atoms with E-state index < -0.39 is 20.2 Å². The van der Waals surface area contributed by atoms with E-state index in [2.05, 4.69) is 9.51 Å². The maximum Gasteiger partial charge on any atom is 0.694 e. The van der Waals surface area contributed by atoms with Gasteiger partial charge in [-0.1, -0.05) is 0 Å². The molecule has 1 saturated heterocycles. The first kappa shape index (κ1) is 13.4. The largest absolute Gasteiger partial charge is 0.694 e. The zero-order chi connectivity index (χ0) is 13.1. The topological polar surface area (TPSA) is 117 Å². The number of rotatable bonds is 4. The Bertz CT molecular complexity index is 510. The van der Waals surface area contributed by atoms with Crippen molar-refractivity contribution in [3.05, 3.63) is 22.7 Å². The van der Waals surface area contributed by atoms with E-state index in [0.717, 1.165) is 0 Å². The minimum Gasteiger partial charge on any atom is -0.383 e. The molecule has 18 heavy (non-hydrogen) atoms. The van der Waals surface area contributed by atoms with E-state index in [4.69, 9.17) is 15.4 Å². The van der Waals surface area contributed by atoms with Crippen molar-refractivity contribution in [1.82, 2.24) is 9.55 Å². The molecule has 2 rings (SSSR count). The first-order valence-corrected chi connectivity index (χ1v) is 7.15.